The predicted octanol–water partition coefficient (Wildman–Crippen LogP) is 4.02. The zero-order chi connectivity index (χ0) is 13.8. The lowest BCUT2D eigenvalue weighted by Gasteiger charge is -2.34. The van der Waals surface area contributed by atoms with E-state index in [4.69, 9.17) is 0 Å². The first-order valence-corrected chi connectivity index (χ1v) is 7.62. The van der Waals surface area contributed by atoms with E-state index < -0.39 is 0 Å². The quantitative estimate of drug-likeness (QED) is 0.828. The fraction of sp³-hybridized carbons (Fsp3) is 0.562. The molecule has 0 aromatic heterocycles. The van der Waals surface area contributed by atoms with E-state index in [1.54, 1.807) is 0 Å². The van der Waals surface area contributed by atoms with Crippen molar-refractivity contribution in [3.8, 4) is 0 Å². The van der Waals surface area contributed by atoms with Gasteiger partial charge >= 0.3 is 0 Å². The third-order valence-corrected chi connectivity index (χ3v) is 4.63. The van der Waals surface area contributed by atoms with Crippen LogP contribution in [0.5, 0.6) is 0 Å². The maximum atomic E-state index is 12.4. The van der Waals surface area contributed by atoms with Gasteiger partial charge in [-0.15, -0.1) is 12.6 Å². The fourth-order valence-corrected chi connectivity index (χ4v) is 3.17. The molecule has 0 spiro atoms. The Morgan fingerprint density at radius 2 is 2.00 bits per heavy atom. The average Bonchev–Trinajstić information content (AvgIpc) is 2.46. The predicted molar refractivity (Wildman–Crippen MR) is 81.8 cm³/mol. The molecule has 2 rings (SSSR count). The van der Waals surface area contributed by atoms with Gasteiger partial charge in [0.05, 0.1) is 0 Å². The Morgan fingerprint density at radius 1 is 1.32 bits per heavy atom. The van der Waals surface area contributed by atoms with Gasteiger partial charge in [0.1, 0.15) is 0 Å². The third-order valence-electron chi connectivity index (χ3n) is 4.35. The van der Waals surface area contributed by atoms with Gasteiger partial charge in [-0.25, -0.2) is 0 Å². The molecule has 1 amide bonds. The van der Waals surface area contributed by atoms with Crippen molar-refractivity contribution in [2.24, 2.45) is 5.92 Å². The normalized spacial score (nSPS) is 23.1. The lowest BCUT2D eigenvalue weighted by molar-refractivity contribution is 0.0674. The molecule has 0 N–H and O–H groups in total. The zero-order valence-corrected chi connectivity index (χ0v) is 12.7. The van der Waals surface area contributed by atoms with Gasteiger partial charge in [-0.3, -0.25) is 4.79 Å². The molecule has 0 saturated heterocycles. The van der Waals surface area contributed by atoms with Crippen LogP contribution in [0.3, 0.4) is 0 Å². The second-order valence-corrected chi connectivity index (χ2v) is 6.07. The Morgan fingerprint density at radius 3 is 2.58 bits per heavy atom. The van der Waals surface area contributed by atoms with Crippen LogP contribution in [-0.4, -0.2) is 23.9 Å². The molecule has 0 aliphatic heterocycles. The Hall–Kier alpha value is -0.960. The molecule has 1 aromatic rings. The minimum Gasteiger partial charge on any atom is -0.339 e. The van der Waals surface area contributed by atoms with Crippen molar-refractivity contribution in [1.29, 1.82) is 0 Å². The van der Waals surface area contributed by atoms with Crippen molar-refractivity contribution < 1.29 is 4.79 Å². The van der Waals surface area contributed by atoms with Crippen molar-refractivity contribution in [2.75, 3.05) is 7.05 Å². The van der Waals surface area contributed by atoms with Gasteiger partial charge in [0.15, 0.2) is 0 Å². The molecular weight excluding hydrogens is 254 g/mol. The second-order valence-electron chi connectivity index (χ2n) is 5.55. The topological polar surface area (TPSA) is 20.3 Å². The molecule has 0 unspecified atom stereocenters. The van der Waals surface area contributed by atoms with Crippen molar-refractivity contribution in [3.05, 3.63) is 29.8 Å². The Balaban J connectivity index is 2.00. The summed E-state index contributed by atoms with van der Waals surface area (Å²) in [4.78, 5) is 15.2. The molecule has 1 aliphatic carbocycles. The maximum Gasteiger partial charge on any atom is 0.253 e. The fourth-order valence-electron chi connectivity index (χ4n) is 2.95. The number of rotatable bonds is 3. The van der Waals surface area contributed by atoms with E-state index in [0.717, 1.165) is 29.2 Å². The number of carbonyl (C=O) groups excluding carboxylic acids is 1. The molecule has 0 heterocycles. The third kappa shape index (κ3) is 3.53. The average molecular weight is 277 g/mol. The first-order chi connectivity index (χ1) is 9.11. The van der Waals surface area contributed by atoms with Crippen molar-refractivity contribution in [1.82, 2.24) is 4.90 Å². The molecular formula is C16H23NOS. The Kier molecular flexibility index (Phi) is 4.92. The molecule has 0 atom stereocenters. The number of hydrogen-bond donors (Lipinski definition) is 1. The van der Waals surface area contributed by atoms with Crippen LogP contribution in [0.15, 0.2) is 29.2 Å². The van der Waals surface area contributed by atoms with Gasteiger partial charge in [-0.05, 0) is 49.8 Å². The molecule has 0 bridgehead atoms. The van der Waals surface area contributed by atoms with E-state index in [2.05, 4.69) is 19.6 Å². The maximum absolute atomic E-state index is 12.4. The van der Waals surface area contributed by atoms with Crippen molar-refractivity contribution >= 4 is 18.5 Å². The smallest absolute Gasteiger partial charge is 0.253 e. The van der Waals surface area contributed by atoms with Crippen LogP contribution in [0, 0.1) is 5.92 Å². The molecule has 1 fully saturated rings. The van der Waals surface area contributed by atoms with E-state index in [1.165, 1.54) is 19.3 Å². The summed E-state index contributed by atoms with van der Waals surface area (Å²) in [6.07, 6.45) is 6.06. The largest absolute Gasteiger partial charge is 0.339 e. The number of hydrogen-bond acceptors (Lipinski definition) is 2. The van der Waals surface area contributed by atoms with Gasteiger partial charge in [0.25, 0.3) is 5.91 Å². The first-order valence-electron chi connectivity index (χ1n) is 7.18. The van der Waals surface area contributed by atoms with Crippen LogP contribution in [0.1, 0.15) is 49.4 Å². The highest BCUT2D eigenvalue weighted by atomic mass is 32.1. The van der Waals surface area contributed by atoms with E-state index in [-0.39, 0.29) is 5.91 Å². The highest BCUT2D eigenvalue weighted by Gasteiger charge is 2.26. The van der Waals surface area contributed by atoms with Crippen LogP contribution >= 0.6 is 12.6 Å². The molecule has 1 saturated carbocycles. The van der Waals surface area contributed by atoms with E-state index >= 15 is 0 Å². The van der Waals surface area contributed by atoms with Crippen LogP contribution in [0.4, 0.5) is 0 Å². The summed E-state index contributed by atoms with van der Waals surface area (Å²) >= 11 is 4.30. The van der Waals surface area contributed by atoms with E-state index in [9.17, 15) is 4.79 Å². The first kappa shape index (κ1) is 14.4. The van der Waals surface area contributed by atoms with Crippen LogP contribution < -0.4 is 0 Å². The van der Waals surface area contributed by atoms with Gasteiger partial charge in [0.2, 0.25) is 0 Å². The summed E-state index contributed by atoms with van der Waals surface area (Å²) < 4.78 is 0. The minimum atomic E-state index is 0.121. The lowest BCUT2D eigenvalue weighted by Crippen LogP contribution is -2.39. The molecule has 2 nitrogen and oxygen atoms in total. The van der Waals surface area contributed by atoms with Gasteiger partial charge in [-0.1, -0.05) is 19.4 Å². The van der Waals surface area contributed by atoms with Crippen molar-refractivity contribution in [3.63, 3.8) is 0 Å². The number of thiol groups is 1. The minimum absolute atomic E-state index is 0.121. The number of amides is 1. The molecule has 1 aromatic carbocycles. The molecule has 1 aliphatic rings. The molecule has 19 heavy (non-hydrogen) atoms. The molecule has 0 radical (unpaired) electrons. The van der Waals surface area contributed by atoms with E-state index in [0.29, 0.717) is 6.04 Å². The summed E-state index contributed by atoms with van der Waals surface area (Å²) in [5.41, 5.74) is 0.743. The van der Waals surface area contributed by atoms with Crippen LogP contribution in [-0.2, 0) is 0 Å². The van der Waals surface area contributed by atoms with E-state index in [1.807, 2.05) is 36.2 Å². The summed E-state index contributed by atoms with van der Waals surface area (Å²) in [5, 5.41) is 0. The molecule has 104 valence electrons. The standard InChI is InChI=1S/C16H23NOS/c1-3-12-7-9-14(10-8-12)17(2)16(18)13-5-4-6-15(19)11-13/h4-6,11-12,14,19H,3,7-10H2,1-2H3. The number of carbonyl (C=O) groups is 1. The van der Waals surface area contributed by atoms with Gasteiger partial charge in [0, 0.05) is 23.5 Å². The highest BCUT2D eigenvalue weighted by Crippen LogP contribution is 2.29. The van der Waals surface area contributed by atoms with Crippen LogP contribution in [0.25, 0.3) is 0 Å². The van der Waals surface area contributed by atoms with Gasteiger partial charge in [-0.2, -0.15) is 0 Å². The van der Waals surface area contributed by atoms with Crippen molar-refractivity contribution in [2.45, 2.75) is 50.0 Å². The summed E-state index contributed by atoms with van der Waals surface area (Å²) in [6.45, 7) is 2.26. The highest BCUT2D eigenvalue weighted by molar-refractivity contribution is 7.80. The summed E-state index contributed by atoms with van der Waals surface area (Å²) in [7, 11) is 1.93. The zero-order valence-electron chi connectivity index (χ0n) is 11.8. The Bertz CT molecular complexity index is 438. The summed E-state index contributed by atoms with van der Waals surface area (Å²) in [5.74, 6) is 0.983. The summed E-state index contributed by atoms with van der Waals surface area (Å²) in [6, 6.07) is 7.90. The SMILES string of the molecule is CCC1CCC(N(C)C(=O)c2cccc(S)c2)CC1. The lowest BCUT2D eigenvalue weighted by atomic mass is 9.84. The molecule has 3 heteroatoms. The van der Waals surface area contributed by atoms with Gasteiger partial charge < -0.3 is 4.90 Å². The second kappa shape index (κ2) is 6.47. The number of benzene rings is 1. The number of nitrogens with zero attached hydrogens (tertiary/aromatic N) is 1. The monoisotopic (exact) mass is 277 g/mol. The van der Waals surface area contributed by atoms with Crippen LogP contribution in [0.2, 0.25) is 0 Å². The Labute approximate surface area is 121 Å².